The fraction of sp³-hybridized carbons (Fsp3) is 0.636. The predicted molar refractivity (Wildman–Crippen MR) is 63.8 cm³/mol. The van der Waals surface area contributed by atoms with E-state index in [1.54, 1.807) is 4.68 Å². The molecule has 6 heteroatoms. The van der Waals surface area contributed by atoms with Crippen molar-refractivity contribution in [1.82, 2.24) is 15.1 Å². The van der Waals surface area contributed by atoms with Gasteiger partial charge in [0.15, 0.2) is 0 Å². The number of aromatic nitrogens is 2. The Bertz CT molecular complexity index is 428. The Balaban J connectivity index is 2.01. The molecule has 1 atom stereocenters. The van der Waals surface area contributed by atoms with Gasteiger partial charge >= 0.3 is 0 Å². The Kier molecular flexibility index (Phi) is 3.61. The van der Waals surface area contributed by atoms with Gasteiger partial charge in [-0.15, -0.1) is 0 Å². The summed E-state index contributed by atoms with van der Waals surface area (Å²) in [5, 5.41) is 19.8. The first kappa shape index (κ1) is 11.9. The molecule has 1 saturated heterocycles. The highest BCUT2D eigenvalue weighted by atomic mass is 16.5. The lowest BCUT2D eigenvalue weighted by atomic mass is 10.2. The van der Waals surface area contributed by atoms with E-state index in [0.717, 1.165) is 31.2 Å². The number of anilines is 1. The predicted octanol–water partition coefficient (Wildman–Crippen LogP) is 0.000500. The van der Waals surface area contributed by atoms with E-state index in [0.29, 0.717) is 12.1 Å². The van der Waals surface area contributed by atoms with Gasteiger partial charge in [0.25, 0.3) is 0 Å². The summed E-state index contributed by atoms with van der Waals surface area (Å²) in [6, 6.07) is 2.17. The molecule has 0 radical (unpaired) electrons. The lowest BCUT2D eigenvalue weighted by Crippen LogP contribution is -2.42. The largest absolute Gasteiger partial charge is 0.374 e. The van der Waals surface area contributed by atoms with E-state index in [4.69, 9.17) is 10.00 Å². The minimum Gasteiger partial charge on any atom is -0.374 e. The van der Waals surface area contributed by atoms with Crippen LogP contribution in [0.5, 0.6) is 0 Å². The van der Waals surface area contributed by atoms with Gasteiger partial charge in [0.2, 0.25) is 0 Å². The van der Waals surface area contributed by atoms with Crippen molar-refractivity contribution < 1.29 is 4.74 Å². The molecule has 6 nitrogen and oxygen atoms in total. The van der Waals surface area contributed by atoms with Gasteiger partial charge in [0, 0.05) is 26.7 Å². The number of morpholine rings is 1. The molecule has 92 valence electrons. The average Bonchev–Trinajstić information content (AvgIpc) is 2.62. The van der Waals surface area contributed by atoms with E-state index in [-0.39, 0.29) is 6.10 Å². The first-order chi connectivity index (χ1) is 8.22. The van der Waals surface area contributed by atoms with Crippen LogP contribution in [0.3, 0.4) is 0 Å². The second-order valence-corrected chi connectivity index (χ2v) is 4.12. The normalized spacial score (nSPS) is 19.9. The van der Waals surface area contributed by atoms with Crippen molar-refractivity contribution in [2.75, 3.05) is 31.6 Å². The zero-order valence-corrected chi connectivity index (χ0v) is 10.2. The third-order valence-corrected chi connectivity index (χ3v) is 2.84. The summed E-state index contributed by atoms with van der Waals surface area (Å²) in [5.41, 5.74) is 1.36. The number of nitrogens with one attached hydrogen (secondary N) is 2. The lowest BCUT2D eigenvalue weighted by Gasteiger charge is -2.24. The number of hydrogen-bond acceptors (Lipinski definition) is 5. The summed E-state index contributed by atoms with van der Waals surface area (Å²) < 4.78 is 7.28. The van der Waals surface area contributed by atoms with E-state index < -0.39 is 0 Å². The van der Waals surface area contributed by atoms with Gasteiger partial charge in [-0.25, -0.2) is 0 Å². The fourth-order valence-corrected chi connectivity index (χ4v) is 1.96. The number of aryl methyl sites for hydroxylation is 2. The Morgan fingerprint density at radius 1 is 1.71 bits per heavy atom. The van der Waals surface area contributed by atoms with Crippen molar-refractivity contribution in [3.8, 4) is 6.07 Å². The molecule has 2 N–H and O–H groups in total. The molecule has 0 aliphatic carbocycles. The standard InChI is InChI=1S/C11H17N5O/c1-8-10(5-12)11(16(2)15-8)14-7-9-6-13-3-4-17-9/h9,13-14H,3-4,6-7H2,1-2H3. The molecular weight excluding hydrogens is 218 g/mol. The molecule has 2 heterocycles. The Hall–Kier alpha value is -1.58. The van der Waals surface area contributed by atoms with Crippen LogP contribution in [-0.4, -0.2) is 42.1 Å². The maximum absolute atomic E-state index is 9.06. The van der Waals surface area contributed by atoms with Gasteiger partial charge in [0.05, 0.1) is 18.4 Å². The van der Waals surface area contributed by atoms with Gasteiger partial charge in [-0.2, -0.15) is 10.4 Å². The van der Waals surface area contributed by atoms with Crippen LogP contribution in [-0.2, 0) is 11.8 Å². The number of nitriles is 1. The van der Waals surface area contributed by atoms with Gasteiger partial charge in [-0.05, 0) is 6.92 Å². The SMILES string of the molecule is Cc1nn(C)c(NCC2CNCCO2)c1C#N. The van der Waals surface area contributed by atoms with E-state index in [1.165, 1.54) is 0 Å². The van der Waals surface area contributed by atoms with Gasteiger partial charge in [-0.3, -0.25) is 4.68 Å². The van der Waals surface area contributed by atoms with Crippen molar-refractivity contribution in [2.24, 2.45) is 7.05 Å². The third kappa shape index (κ3) is 2.57. The van der Waals surface area contributed by atoms with Crippen molar-refractivity contribution in [1.29, 1.82) is 5.26 Å². The van der Waals surface area contributed by atoms with Crippen molar-refractivity contribution >= 4 is 5.82 Å². The summed E-state index contributed by atoms with van der Waals surface area (Å²) >= 11 is 0. The summed E-state index contributed by atoms with van der Waals surface area (Å²) in [4.78, 5) is 0. The molecule has 1 fully saturated rings. The quantitative estimate of drug-likeness (QED) is 0.771. The molecule has 0 saturated carbocycles. The molecule has 0 bridgehead atoms. The van der Waals surface area contributed by atoms with Crippen molar-refractivity contribution in [2.45, 2.75) is 13.0 Å². The third-order valence-electron chi connectivity index (χ3n) is 2.84. The second-order valence-electron chi connectivity index (χ2n) is 4.12. The van der Waals surface area contributed by atoms with E-state index in [9.17, 15) is 0 Å². The zero-order chi connectivity index (χ0) is 12.3. The smallest absolute Gasteiger partial charge is 0.142 e. The maximum atomic E-state index is 9.06. The molecule has 2 rings (SSSR count). The molecule has 0 amide bonds. The maximum Gasteiger partial charge on any atom is 0.142 e. The fourth-order valence-electron chi connectivity index (χ4n) is 1.96. The number of hydrogen-bond donors (Lipinski definition) is 2. The molecular formula is C11H17N5O. The highest BCUT2D eigenvalue weighted by molar-refractivity contribution is 5.55. The summed E-state index contributed by atoms with van der Waals surface area (Å²) in [7, 11) is 1.83. The van der Waals surface area contributed by atoms with Crippen LogP contribution in [0.1, 0.15) is 11.3 Å². The Morgan fingerprint density at radius 3 is 3.18 bits per heavy atom. The van der Waals surface area contributed by atoms with Crippen LogP contribution in [0.25, 0.3) is 0 Å². The molecule has 1 aliphatic heterocycles. The van der Waals surface area contributed by atoms with Crippen LogP contribution in [0.15, 0.2) is 0 Å². The van der Waals surface area contributed by atoms with Crippen LogP contribution in [0.4, 0.5) is 5.82 Å². The van der Waals surface area contributed by atoms with Crippen molar-refractivity contribution in [3.05, 3.63) is 11.3 Å². The topological polar surface area (TPSA) is 74.9 Å². The second kappa shape index (κ2) is 5.17. The summed E-state index contributed by atoms with van der Waals surface area (Å²) in [6.45, 7) is 5.00. The highest BCUT2D eigenvalue weighted by Gasteiger charge is 2.16. The Labute approximate surface area is 101 Å². The van der Waals surface area contributed by atoms with E-state index in [1.807, 2.05) is 14.0 Å². The Morgan fingerprint density at radius 2 is 2.53 bits per heavy atom. The molecule has 1 aromatic rings. The van der Waals surface area contributed by atoms with Gasteiger partial charge in [0.1, 0.15) is 17.5 Å². The number of ether oxygens (including phenoxy) is 1. The van der Waals surface area contributed by atoms with Gasteiger partial charge in [-0.1, -0.05) is 0 Å². The first-order valence-corrected chi connectivity index (χ1v) is 5.72. The van der Waals surface area contributed by atoms with E-state index >= 15 is 0 Å². The molecule has 1 aliphatic rings. The minimum absolute atomic E-state index is 0.144. The summed E-state index contributed by atoms with van der Waals surface area (Å²) in [5.74, 6) is 0.763. The first-order valence-electron chi connectivity index (χ1n) is 5.72. The van der Waals surface area contributed by atoms with Crippen molar-refractivity contribution in [3.63, 3.8) is 0 Å². The van der Waals surface area contributed by atoms with Gasteiger partial charge < -0.3 is 15.4 Å². The molecule has 0 aromatic carbocycles. The molecule has 0 spiro atoms. The molecule has 1 aromatic heterocycles. The number of rotatable bonds is 3. The van der Waals surface area contributed by atoms with E-state index in [2.05, 4.69) is 21.8 Å². The highest BCUT2D eigenvalue weighted by Crippen LogP contribution is 2.17. The average molecular weight is 235 g/mol. The van der Waals surface area contributed by atoms with Crippen LogP contribution >= 0.6 is 0 Å². The van der Waals surface area contributed by atoms with Crippen LogP contribution in [0, 0.1) is 18.3 Å². The summed E-state index contributed by atoms with van der Waals surface area (Å²) in [6.07, 6.45) is 0.144. The monoisotopic (exact) mass is 235 g/mol. The van der Waals surface area contributed by atoms with Crippen LogP contribution in [0.2, 0.25) is 0 Å². The lowest BCUT2D eigenvalue weighted by molar-refractivity contribution is 0.0371. The zero-order valence-electron chi connectivity index (χ0n) is 10.2. The van der Waals surface area contributed by atoms with Crippen LogP contribution < -0.4 is 10.6 Å². The number of nitrogens with zero attached hydrogens (tertiary/aromatic N) is 3. The minimum atomic E-state index is 0.144. The molecule has 17 heavy (non-hydrogen) atoms. The molecule has 1 unspecified atom stereocenters.